The summed E-state index contributed by atoms with van der Waals surface area (Å²) in [6.07, 6.45) is 0.868. The molecule has 1 saturated heterocycles. The number of nitrogens with zero attached hydrogens (tertiary/aromatic N) is 6. The number of aryl methyl sites for hydroxylation is 1. The minimum atomic E-state index is -0.582. The number of rotatable bonds is 10. The molecule has 0 spiro atoms. The van der Waals surface area contributed by atoms with Gasteiger partial charge in [-0.05, 0) is 34.5 Å². The van der Waals surface area contributed by atoms with Gasteiger partial charge >= 0.3 is 11.9 Å². The molecule has 11 nitrogen and oxygen atoms in total. The van der Waals surface area contributed by atoms with Crippen molar-refractivity contribution < 1.29 is 19.1 Å². The molecule has 0 amide bonds. The molecule has 0 unspecified atom stereocenters. The molecule has 1 fully saturated rings. The number of hydrogen-bond donors (Lipinski definition) is 0. The van der Waals surface area contributed by atoms with E-state index in [0.717, 1.165) is 44.8 Å². The van der Waals surface area contributed by atoms with Crippen LogP contribution in [0.15, 0.2) is 18.2 Å². The van der Waals surface area contributed by atoms with E-state index in [9.17, 15) is 10.1 Å². The van der Waals surface area contributed by atoms with Crippen LogP contribution in [-0.2, 0) is 18.3 Å². The van der Waals surface area contributed by atoms with Gasteiger partial charge in [-0.3, -0.25) is 4.90 Å². The van der Waals surface area contributed by atoms with Crippen LogP contribution in [0.3, 0.4) is 0 Å². The first kappa shape index (κ1) is 21.8. The Morgan fingerprint density at radius 3 is 2.67 bits per heavy atom. The van der Waals surface area contributed by atoms with E-state index in [2.05, 4.69) is 15.0 Å². The monoisotopic (exact) mass is 420 g/mol. The molecule has 30 heavy (non-hydrogen) atoms. The van der Waals surface area contributed by atoms with Crippen LogP contribution in [0, 0.1) is 10.1 Å². The molecule has 3 rings (SSSR count). The number of morpholine rings is 1. The zero-order chi connectivity index (χ0) is 21.5. The number of benzene rings is 1. The van der Waals surface area contributed by atoms with Gasteiger partial charge in [0, 0.05) is 43.9 Å². The highest BCUT2D eigenvalue weighted by molar-refractivity contribution is 5.44. The maximum atomic E-state index is 11.1. The maximum Gasteiger partial charge on any atom is 0.493 e. The zero-order valence-corrected chi connectivity index (χ0v) is 17.6. The highest BCUT2D eigenvalue weighted by Crippen LogP contribution is 2.27. The molecule has 0 atom stereocenters. The molecule has 1 aliphatic rings. The van der Waals surface area contributed by atoms with E-state index in [4.69, 9.17) is 14.2 Å². The fourth-order valence-corrected chi connectivity index (χ4v) is 3.49. The third-order valence-electron chi connectivity index (χ3n) is 5.03. The lowest BCUT2D eigenvalue weighted by molar-refractivity contribution is -0.394. The maximum absolute atomic E-state index is 11.1. The van der Waals surface area contributed by atoms with Gasteiger partial charge in [-0.25, -0.2) is 0 Å². The molecule has 164 valence electrons. The summed E-state index contributed by atoms with van der Waals surface area (Å²) in [5.41, 5.74) is 0.897. The Morgan fingerprint density at radius 1 is 1.27 bits per heavy atom. The predicted octanol–water partition coefficient (Wildman–Crippen LogP) is 1.47. The first-order valence-electron chi connectivity index (χ1n) is 9.83. The van der Waals surface area contributed by atoms with Crippen molar-refractivity contribution in [3.63, 3.8) is 0 Å². The molecule has 2 heterocycles. The van der Waals surface area contributed by atoms with Gasteiger partial charge in [0.05, 0.1) is 34.0 Å². The Labute approximate surface area is 175 Å². The molecule has 1 aliphatic heterocycles. The van der Waals surface area contributed by atoms with Gasteiger partial charge in [-0.2, -0.15) is 4.68 Å². The molecule has 0 aliphatic carbocycles. The van der Waals surface area contributed by atoms with Crippen LogP contribution < -0.4 is 14.4 Å². The van der Waals surface area contributed by atoms with Gasteiger partial charge in [0.25, 0.3) is 0 Å². The summed E-state index contributed by atoms with van der Waals surface area (Å²) in [6.45, 7) is 5.35. The van der Waals surface area contributed by atoms with Crippen molar-refractivity contribution in [2.24, 2.45) is 7.05 Å². The molecular formula is C19H28N6O5. The lowest BCUT2D eigenvalue weighted by Gasteiger charge is -2.28. The van der Waals surface area contributed by atoms with E-state index in [-0.39, 0.29) is 0 Å². The second kappa shape index (κ2) is 10.2. The molecule has 1 aromatic heterocycles. The van der Waals surface area contributed by atoms with Crippen LogP contribution in [-0.4, -0.2) is 78.2 Å². The fraction of sp³-hybridized carbons (Fsp3) is 0.579. The van der Waals surface area contributed by atoms with Gasteiger partial charge < -0.3 is 29.2 Å². The van der Waals surface area contributed by atoms with Gasteiger partial charge in [0.2, 0.25) is 0 Å². The third kappa shape index (κ3) is 5.36. The Morgan fingerprint density at radius 2 is 2.03 bits per heavy atom. The number of anilines is 1. The Hall–Kier alpha value is -2.92. The summed E-state index contributed by atoms with van der Waals surface area (Å²) in [4.78, 5) is 19.0. The second-order valence-corrected chi connectivity index (χ2v) is 7.00. The van der Waals surface area contributed by atoms with Crippen LogP contribution in [0.1, 0.15) is 12.0 Å². The lowest BCUT2D eigenvalue weighted by Crippen LogP contribution is -2.38. The van der Waals surface area contributed by atoms with E-state index in [0.29, 0.717) is 30.5 Å². The average Bonchev–Trinajstić information content (AvgIpc) is 3.15. The first-order chi connectivity index (χ1) is 14.5. The largest absolute Gasteiger partial charge is 0.497 e. The van der Waals surface area contributed by atoms with Crippen molar-refractivity contribution in [3.05, 3.63) is 33.9 Å². The van der Waals surface area contributed by atoms with Crippen molar-refractivity contribution in [2.45, 2.75) is 13.0 Å². The van der Waals surface area contributed by atoms with E-state index in [1.54, 1.807) is 21.3 Å². The lowest BCUT2D eigenvalue weighted by atomic mass is 10.1. The number of ether oxygens (including phenoxy) is 3. The van der Waals surface area contributed by atoms with Crippen LogP contribution in [0.5, 0.6) is 11.5 Å². The number of methoxy groups -OCH3 is 2. The summed E-state index contributed by atoms with van der Waals surface area (Å²) < 4.78 is 17.7. The quantitative estimate of drug-likeness (QED) is 0.417. The van der Waals surface area contributed by atoms with E-state index in [1.165, 1.54) is 4.68 Å². The Kier molecular flexibility index (Phi) is 7.41. The Bertz CT molecular complexity index is 852. The summed E-state index contributed by atoms with van der Waals surface area (Å²) in [6, 6.07) is 5.58. The van der Waals surface area contributed by atoms with Crippen LogP contribution >= 0.6 is 0 Å². The highest BCUT2D eigenvalue weighted by atomic mass is 16.6. The number of hydrogen-bond acceptors (Lipinski definition) is 9. The number of nitro groups is 1. The van der Waals surface area contributed by atoms with Crippen molar-refractivity contribution in [2.75, 3.05) is 58.5 Å². The topological polar surface area (TPSA) is 108 Å². The van der Waals surface area contributed by atoms with Crippen LogP contribution in [0.25, 0.3) is 0 Å². The summed E-state index contributed by atoms with van der Waals surface area (Å²) in [5, 5.41) is 15.1. The van der Waals surface area contributed by atoms with Crippen LogP contribution in [0.4, 0.5) is 11.9 Å². The molecule has 2 aromatic rings. The van der Waals surface area contributed by atoms with E-state index < -0.39 is 10.9 Å². The van der Waals surface area contributed by atoms with Gasteiger partial charge in [-0.15, -0.1) is 0 Å². The predicted molar refractivity (Wildman–Crippen MR) is 110 cm³/mol. The summed E-state index contributed by atoms with van der Waals surface area (Å²) in [7, 11) is 4.88. The molecule has 0 bridgehead atoms. The molecule has 0 saturated carbocycles. The highest BCUT2D eigenvalue weighted by Gasteiger charge is 2.25. The molecule has 11 heteroatoms. The van der Waals surface area contributed by atoms with Crippen molar-refractivity contribution in [3.8, 4) is 11.5 Å². The van der Waals surface area contributed by atoms with Gasteiger partial charge in [0.1, 0.15) is 11.5 Å². The van der Waals surface area contributed by atoms with Crippen molar-refractivity contribution >= 4 is 11.9 Å². The van der Waals surface area contributed by atoms with Gasteiger partial charge in [0.15, 0.2) is 0 Å². The SMILES string of the molecule is COc1ccc(OC)c(CN(CCCN2CCOCC2)c2nc([N+](=O)[O-])nn2C)c1. The second-order valence-electron chi connectivity index (χ2n) is 7.00. The first-order valence-corrected chi connectivity index (χ1v) is 9.83. The fourth-order valence-electron chi connectivity index (χ4n) is 3.49. The van der Waals surface area contributed by atoms with Crippen molar-refractivity contribution in [1.29, 1.82) is 0 Å². The molecule has 0 radical (unpaired) electrons. The minimum absolute atomic E-state index is 0.414. The van der Waals surface area contributed by atoms with Crippen molar-refractivity contribution in [1.82, 2.24) is 19.7 Å². The van der Waals surface area contributed by atoms with Gasteiger partial charge in [-0.1, -0.05) is 0 Å². The van der Waals surface area contributed by atoms with E-state index >= 15 is 0 Å². The average molecular weight is 420 g/mol. The standard InChI is InChI=1S/C19H28N6O5/c1-22-19(20-18(21-22)25(26)27)24(8-4-7-23-9-11-30-12-10-23)14-15-13-16(28-2)5-6-17(15)29-3/h5-6,13H,4,7-12,14H2,1-3H3. The molecular weight excluding hydrogens is 392 g/mol. The molecule has 1 aromatic carbocycles. The number of aromatic nitrogens is 3. The molecule has 0 N–H and O–H groups in total. The minimum Gasteiger partial charge on any atom is -0.497 e. The smallest absolute Gasteiger partial charge is 0.493 e. The zero-order valence-electron chi connectivity index (χ0n) is 17.6. The summed E-state index contributed by atoms with van der Waals surface area (Å²) in [5.74, 6) is 1.45. The van der Waals surface area contributed by atoms with E-state index in [1.807, 2.05) is 23.1 Å². The third-order valence-corrected chi connectivity index (χ3v) is 5.03. The van der Waals surface area contributed by atoms with Crippen LogP contribution in [0.2, 0.25) is 0 Å². The Balaban J connectivity index is 1.81. The normalized spacial score (nSPS) is 14.5. The summed E-state index contributed by atoms with van der Waals surface area (Å²) >= 11 is 0.